The zero-order valence-electron chi connectivity index (χ0n) is 17.6. The molecule has 0 aromatic carbocycles. The molecule has 1 aliphatic carbocycles. The predicted octanol–water partition coefficient (Wildman–Crippen LogP) is 3.65. The molecule has 174 valence electrons. The summed E-state index contributed by atoms with van der Waals surface area (Å²) in [7, 11) is 0. The minimum absolute atomic E-state index is 0.0747. The maximum absolute atomic E-state index is 13.4. The zero-order valence-corrected chi connectivity index (χ0v) is 17.6. The lowest BCUT2D eigenvalue weighted by Gasteiger charge is -2.39. The molecule has 8 nitrogen and oxygen atoms in total. The molecule has 0 spiro atoms. The van der Waals surface area contributed by atoms with Crippen molar-refractivity contribution >= 4 is 34.3 Å². The highest BCUT2D eigenvalue weighted by Crippen LogP contribution is 2.41. The Morgan fingerprint density at radius 1 is 1.24 bits per heavy atom. The number of nitrogens with zero attached hydrogens (tertiary/aromatic N) is 3. The van der Waals surface area contributed by atoms with Gasteiger partial charge in [0.15, 0.2) is 5.58 Å². The van der Waals surface area contributed by atoms with Crippen molar-refractivity contribution in [1.82, 2.24) is 9.97 Å². The van der Waals surface area contributed by atoms with Gasteiger partial charge in [-0.15, -0.1) is 0 Å². The minimum Gasteiger partial charge on any atom is -0.438 e. The van der Waals surface area contributed by atoms with Crippen LogP contribution in [0.25, 0.3) is 11.1 Å². The number of aromatic nitrogens is 2. The predicted molar refractivity (Wildman–Crippen MR) is 117 cm³/mol. The molecule has 11 heteroatoms. The van der Waals surface area contributed by atoms with Crippen molar-refractivity contribution in [2.24, 2.45) is 11.7 Å². The van der Waals surface area contributed by atoms with Gasteiger partial charge in [0.2, 0.25) is 5.88 Å². The standard InChI is InChI=1S/C22H23F3N6O2/c23-22(24,25)13-6-14(26)10-31(9-13)16-3-4-28-8-15(16)30-21(32)18-19-17(33-20(18)27)5-12(7-29-19)11-1-2-11/h3-5,7-8,11,13-14H,1-2,6,9-10,26-27H2,(H,30,32)/t13-,14+/m0/s1. The smallest absolute Gasteiger partial charge is 0.393 e. The van der Waals surface area contributed by atoms with E-state index in [1.54, 1.807) is 12.3 Å². The Morgan fingerprint density at radius 3 is 2.76 bits per heavy atom. The first-order valence-corrected chi connectivity index (χ1v) is 10.7. The Labute approximate surface area is 187 Å². The summed E-state index contributed by atoms with van der Waals surface area (Å²) < 4.78 is 45.7. The maximum Gasteiger partial charge on any atom is 0.393 e. The number of carbonyl (C=O) groups is 1. The van der Waals surface area contributed by atoms with Crippen LogP contribution >= 0.6 is 0 Å². The van der Waals surface area contributed by atoms with Crippen LogP contribution in [-0.2, 0) is 0 Å². The number of hydrogen-bond acceptors (Lipinski definition) is 7. The van der Waals surface area contributed by atoms with Crippen LogP contribution in [-0.4, -0.2) is 41.2 Å². The number of hydrogen-bond donors (Lipinski definition) is 3. The van der Waals surface area contributed by atoms with Gasteiger partial charge in [0, 0.05) is 31.5 Å². The molecule has 1 amide bonds. The fourth-order valence-corrected chi connectivity index (χ4v) is 4.39. The van der Waals surface area contributed by atoms with Gasteiger partial charge in [0.05, 0.1) is 23.5 Å². The molecule has 2 aliphatic rings. The lowest BCUT2D eigenvalue weighted by molar-refractivity contribution is -0.177. The number of pyridine rings is 2. The monoisotopic (exact) mass is 460 g/mol. The van der Waals surface area contributed by atoms with Crippen molar-refractivity contribution in [2.75, 3.05) is 29.0 Å². The Kier molecular flexibility index (Phi) is 5.15. The minimum atomic E-state index is -4.36. The molecule has 0 bridgehead atoms. The Morgan fingerprint density at radius 2 is 2.03 bits per heavy atom. The quantitative estimate of drug-likeness (QED) is 0.543. The first kappa shape index (κ1) is 21.5. The number of nitrogens with two attached hydrogens (primary N) is 2. The van der Waals surface area contributed by atoms with Crippen LogP contribution in [0.4, 0.5) is 30.4 Å². The van der Waals surface area contributed by atoms with E-state index in [0.29, 0.717) is 22.7 Å². The van der Waals surface area contributed by atoms with Gasteiger partial charge in [-0.1, -0.05) is 0 Å². The van der Waals surface area contributed by atoms with E-state index in [4.69, 9.17) is 15.9 Å². The van der Waals surface area contributed by atoms with E-state index in [1.807, 2.05) is 6.07 Å². The number of rotatable bonds is 4. The summed E-state index contributed by atoms with van der Waals surface area (Å²) >= 11 is 0. The molecular weight excluding hydrogens is 437 g/mol. The van der Waals surface area contributed by atoms with E-state index in [1.165, 1.54) is 17.3 Å². The third kappa shape index (κ3) is 4.20. The van der Waals surface area contributed by atoms with Gasteiger partial charge in [0.25, 0.3) is 5.91 Å². The van der Waals surface area contributed by atoms with E-state index in [-0.39, 0.29) is 36.6 Å². The average Bonchev–Trinajstić information content (AvgIpc) is 3.55. The van der Waals surface area contributed by atoms with Crippen LogP contribution in [0.5, 0.6) is 0 Å². The normalized spacial score (nSPS) is 21.4. The number of amides is 1. The van der Waals surface area contributed by atoms with Crippen molar-refractivity contribution in [2.45, 2.75) is 37.4 Å². The number of fused-ring (bicyclic) bond motifs is 1. The zero-order chi connectivity index (χ0) is 23.3. The summed E-state index contributed by atoms with van der Waals surface area (Å²) in [5, 5.41) is 2.72. The van der Waals surface area contributed by atoms with Crippen molar-refractivity contribution in [1.29, 1.82) is 0 Å². The van der Waals surface area contributed by atoms with E-state index >= 15 is 0 Å². The van der Waals surface area contributed by atoms with Gasteiger partial charge in [-0.2, -0.15) is 13.2 Å². The van der Waals surface area contributed by atoms with Crippen molar-refractivity contribution < 1.29 is 22.4 Å². The van der Waals surface area contributed by atoms with Crippen LogP contribution < -0.4 is 21.7 Å². The van der Waals surface area contributed by atoms with Crippen molar-refractivity contribution in [3.8, 4) is 0 Å². The lowest BCUT2D eigenvalue weighted by Crippen LogP contribution is -2.51. The molecule has 1 saturated heterocycles. The Hall–Kier alpha value is -3.34. The second-order valence-corrected chi connectivity index (χ2v) is 8.72. The fourth-order valence-electron chi connectivity index (χ4n) is 4.39. The maximum atomic E-state index is 13.4. The van der Waals surface area contributed by atoms with Gasteiger partial charge in [0.1, 0.15) is 11.1 Å². The van der Waals surface area contributed by atoms with Gasteiger partial charge in [-0.3, -0.25) is 14.8 Å². The summed E-state index contributed by atoms with van der Waals surface area (Å²) in [5.41, 5.74) is 14.4. The van der Waals surface area contributed by atoms with Crippen LogP contribution in [0.3, 0.4) is 0 Å². The van der Waals surface area contributed by atoms with Crippen LogP contribution in [0.15, 0.2) is 35.1 Å². The third-order valence-corrected chi connectivity index (χ3v) is 6.19. The highest BCUT2D eigenvalue weighted by Gasteiger charge is 2.44. The molecule has 4 heterocycles. The Bertz CT molecular complexity index is 1210. The van der Waals surface area contributed by atoms with Crippen molar-refractivity contribution in [3.63, 3.8) is 0 Å². The van der Waals surface area contributed by atoms with E-state index in [9.17, 15) is 18.0 Å². The first-order chi connectivity index (χ1) is 15.7. The number of alkyl halides is 3. The number of anilines is 3. The summed E-state index contributed by atoms with van der Waals surface area (Å²) in [4.78, 5) is 23.1. The van der Waals surface area contributed by atoms with Gasteiger partial charge in [-0.25, -0.2) is 0 Å². The molecule has 0 radical (unpaired) electrons. The van der Waals surface area contributed by atoms with Gasteiger partial charge in [-0.05, 0) is 42.9 Å². The summed E-state index contributed by atoms with van der Waals surface area (Å²) in [6.45, 7) is -0.0336. The molecule has 1 aliphatic heterocycles. The van der Waals surface area contributed by atoms with E-state index < -0.39 is 24.0 Å². The lowest BCUT2D eigenvalue weighted by atomic mass is 9.93. The van der Waals surface area contributed by atoms with Crippen LogP contribution in [0, 0.1) is 5.92 Å². The highest BCUT2D eigenvalue weighted by molar-refractivity contribution is 6.15. The van der Waals surface area contributed by atoms with Crippen LogP contribution in [0.1, 0.15) is 41.1 Å². The van der Waals surface area contributed by atoms with Gasteiger partial charge < -0.3 is 26.1 Å². The summed E-state index contributed by atoms with van der Waals surface area (Å²) in [5.74, 6) is -1.76. The topological polar surface area (TPSA) is 123 Å². The second kappa shape index (κ2) is 7.91. The molecule has 3 aromatic heterocycles. The number of nitrogens with one attached hydrogen (secondary N) is 1. The highest BCUT2D eigenvalue weighted by atomic mass is 19.4. The molecule has 2 fully saturated rings. The molecule has 0 unspecified atom stereocenters. The molecule has 33 heavy (non-hydrogen) atoms. The van der Waals surface area contributed by atoms with Crippen molar-refractivity contribution in [3.05, 3.63) is 41.9 Å². The SMILES string of the molecule is Nc1oc2cc(C3CC3)cnc2c1C(=O)Nc1cnccc1N1C[C@H](N)C[C@H](C(F)(F)F)C1. The molecule has 2 atom stereocenters. The average molecular weight is 460 g/mol. The van der Waals surface area contributed by atoms with Gasteiger partial charge >= 0.3 is 6.18 Å². The summed E-state index contributed by atoms with van der Waals surface area (Å²) in [6.07, 6.45) is 2.24. The number of carbonyl (C=O) groups excluding carboxylic acids is 1. The van der Waals surface area contributed by atoms with E-state index in [2.05, 4.69) is 15.3 Å². The largest absolute Gasteiger partial charge is 0.438 e. The second-order valence-electron chi connectivity index (χ2n) is 8.72. The Balaban J connectivity index is 1.43. The molecule has 5 rings (SSSR count). The molecule has 5 N–H and O–H groups in total. The first-order valence-electron chi connectivity index (χ1n) is 10.7. The molecule has 1 saturated carbocycles. The van der Waals surface area contributed by atoms with E-state index in [0.717, 1.165) is 18.4 Å². The van der Waals surface area contributed by atoms with Crippen LogP contribution in [0.2, 0.25) is 0 Å². The molecule has 3 aromatic rings. The third-order valence-electron chi connectivity index (χ3n) is 6.19. The number of halogens is 3. The fraction of sp³-hybridized carbons (Fsp3) is 0.409. The number of furan rings is 1. The molecular formula is C22H23F3N6O2. The summed E-state index contributed by atoms with van der Waals surface area (Å²) in [6, 6.07) is 2.74. The number of nitrogen functional groups attached to an aromatic ring is 1. The number of piperidine rings is 1.